The molecule has 1 fully saturated rings. The van der Waals surface area contributed by atoms with Gasteiger partial charge in [-0.05, 0) is 44.9 Å². The van der Waals surface area contributed by atoms with Gasteiger partial charge >= 0.3 is 0 Å². The molecule has 1 aliphatic rings. The Morgan fingerprint density at radius 3 is 2.54 bits per heavy atom. The first-order valence-corrected chi connectivity index (χ1v) is 8.99. The molecule has 1 aliphatic heterocycles. The Morgan fingerprint density at radius 1 is 1.15 bits per heavy atom. The molecule has 5 nitrogen and oxygen atoms in total. The number of amides is 2. The monoisotopic (exact) mass is 357 g/mol. The number of carbonyl (C=O) groups is 2. The van der Waals surface area contributed by atoms with Gasteiger partial charge in [0.2, 0.25) is 5.91 Å². The van der Waals surface area contributed by atoms with Crippen molar-refractivity contribution in [2.24, 2.45) is 0 Å². The predicted octanol–water partition coefficient (Wildman–Crippen LogP) is 2.98. The highest BCUT2D eigenvalue weighted by atomic mass is 19.1. The van der Waals surface area contributed by atoms with Gasteiger partial charge in [0.05, 0.1) is 11.3 Å². The predicted molar refractivity (Wildman–Crippen MR) is 98.0 cm³/mol. The largest absolute Gasteiger partial charge is 0.351 e. The number of nitrogens with zero attached hydrogens (tertiary/aromatic N) is 2. The van der Waals surface area contributed by atoms with E-state index in [4.69, 9.17) is 0 Å². The third-order valence-corrected chi connectivity index (χ3v) is 4.85. The first kappa shape index (κ1) is 18.2. The van der Waals surface area contributed by atoms with Crippen LogP contribution in [0.25, 0.3) is 5.69 Å². The van der Waals surface area contributed by atoms with E-state index in [-0.39, 0.29) is 17.6 Å². The van der Waals surface area contributed by atoms with E-state index < -0.39 is 0 Å². The van der Waals surface area contributed by atoms with Crippen molar-refractivity contribution in [3.05, 3.63) is 53.1 Å². The molecule has 0 radical (unpaired) electrons. The lowest BCUT2D eigenvalue weighted by atomic mass is 10.2. The summed E-state index contributed by atoms with van der Waals surface area (Å²) in [7, 11) is 0. The van der Waals surface area contributed by atoms with Crippen LogP contribution in [-0.4, -0.2) is 40.9 Å². The Kier molecular flexibility index (Phi) is 5.40. The first-order valence-electron chi connectivity index (χ1n) is 8.99. The maximum Gasteiger partial charge on any atom is 0.253 e. The van der Waals surface area contributed by atoms with Gasteiger partial charge in [-0.2, -0.15) is 0 Å². The SMILES string of the molecule is Cc1cc(C(=O)NCCC(=O)N2CCCC2)c(C)n1-c1ccccc1F. The molecule has 0 atom stereocenters. The molecule has 0 unspecified atom stereocenters. The van der Waals surface area contributed by atoms with Crippen LogP contribution >= 0.6 is 0 Å². The van der Waals surface area contributed by atoms with Crippen LogP contribution in [0.15, 0.2) is 30.3 Å². The molecule has 2 aromatic rings. The van der Waals surface area contributed by atoms with Crippen LogP contribution in [0.1, 0.15) is 41.0 Å². The van der Waals surface area contributed by atoms with Crippen molar-refractivity contribution in [3.8, 4) is 5.69 Å². The fourth-order valence-corrected chi connectivity index (χ4v) is 3.50. The van der Waals surface area contributed by atoms with E-state index >= 15 is 0 Å². The average molecular weight is 357 g/mol. The number of rotatable bonds is 5. The molecule has 6 heteroatoms. The smallest absolute Gasteiger partial charge is 0.253 e. The van der Waals surface area contributed by atoms with Gasteiger partial charge in [-0.15, -0.1) is 0 Å². The van der Waals surface area contributed by atoms with Gasteiger partial charge in [0.1, 0.15) is 5.82 Å². The molecule has 1 saturated heterocycles. The van der Waals surface area contributed by atoms with E-state index in [9.17, 15) is 14.0 Å². The maximum atomic E-state index is 14.1. The highest BCUT2D eigenvalue weighted by Gasteiger charge is 2.20. The molecular weight excluding hydrogens is 333 g/mol. The van der Waals surface area contributed by atoms with Crippen molar-refractivity contribution < 1.29 is 14.0 Å². The van der Waals surface area contributed by atoms with Gasteiger partial charge in [-0.1, -0.05) is 12.1 Å². The second-order valence-electron chi connectivity index (χ2n) is 6.67. The van der Waals surface area contributed by atoms with Crippen molar-refractivity contribution in [1.82, 2.24) is 14.8 Å². The van der Waals surface area contributed by atoms with Crippen LogP contribution in [0.4, 0.5) is 4.39 Å². The molecule has 2 amide bonds. The number of hydrogen-bond acceptors (Lipinski definition) is 2. The maximum absolute atomic E-state index is 14.1. The van der Waals surface area contributed by atoms with Crippen LogP contribution < -0.4 is 5.32 Å². The zero-order chi connectivity index (χ0) is 18.7. The topological polar surface area (TPSA) is 54.3 Å². The lowest BCUT2D eigenvalue weighted by Crippen LogP contribution is -2.32. The second kappa shape index (κ2) is 7.72. The van der Waals surface area contributed by atoms with Crippen molar-refractivity contribution >= 4 is 11.8 Å². The number of halogens is 1. The van der Waals surface area contributed by atoms with Crippen LogP contribution in [0.2, 0.25) is 0 Å². The Morgan fingerprint density at radius 2 is 1.85 bits per heavy atom. The van der Waals surface area contributed by atoms with Crippen LogP contribution in [0.5, 0.6) is 0 Å². The highest BCUT2D eigenvalue weighted by molar-refractivity contribution is 5.96. The van der Waals surface area contributed by atoms with Gasteiger partial charge in [-0.3, -0.25) is 9.59 Å². The molecule has 0 saturated carbocycles. The van der Waals surface area contributed by atoms with E-state index in [2.05, 4.69) is 5.32 Å². The minimum atomic E-state index is -0.336. The summed E-state index contributed by atoms with van der Waals surface area (Å²) in [5.74, 6) is -0.494. The highest BCUT2D eigenvalue weighted by Crippen LogP contribution is 2.22. The van der Waals surface area contributed by atoms with E-state index in [1.807, 2.05) is 11.8 Å². The molecule has 0 bridgehead atoms. The van der Waals surface area contributed by atoms with Gasteiger partial charge in [0.25, 0.3) is 5.91 Å². The number of likely N-dealkylation sites (tertiary alicyclic amines) is 1. The summed E-state index contributed by atoms with van der Waals surface area (Å²) < 4.78 is 15.9. The summed E-state index contributed by atoms with van der Waals surface area (Å²) in [6.45, 7) is 5.57. The summed E-state index contributed by atoms with van der Waals surface area (Å²) in [5.41, 5.74) is 2.38. The van der Waals surface area contributed by atoms with Crippen LogP contribution in [-0.2, 0) is 4.79 Å². The van der Waals surface area contributed by atoms with E-state index in [1.165, 1.54) is 6.07 Å². The molecule has 0 spiro atoms. The third kappa shape index (κ3) is 3.64. The van der Waals surface area contributed by atoms with Crippen molar-refractivity contribution in [2.45, 2.75) is 33.1 Å². The van der Waals surface area contributed by atoms with Gasteiger partial charge in [-0.25, -0.2) is 4.39 Å². The normalized spacial score (nSPS) is 13.9. The second-order valence-corrected chi connectivity index (χ2v) is 6.67. The molecule has 1 N–H and O–H groups in total. The number of aryl methyl sites for hydroxylation is 1. The Labute approximate surface area is 152 Å². The molecule has 2 heterocycles. The van der Waals surface area contributed by atoms with Gasteiger partial charge in [0, 0.05) is 37.4 Å². The average Bonchev–Trinajstić information content (AvgIpc) is 3.24. The van der Waals surface area contributed by atoms with Crippen LogP contribution in [0, 0.1) is 19.7 Å². The molecule has 26 heavy (non-hydrogen) atoms. The summed E-state index contributed by atoms with van der Waals surface area (Å²) in [4.78, 5) is 26.4. The number of para-hydroxylation sites is 1. The first-order chi connectivity index (χ1) is 12.5. The summed E-state index contributed by atoms with van der Waals surface area (Å²) >= 11 is 0. The van der Waals surface area contributed by atoms with Gasteiger partial charge in [0.15, 0.2) is 0 Å². The fourth-order valence-electron chi connectivity index (χ4n) is 3.50. The van der Waals surface area contributed by atoms with E-state index in [1.54, 1.807) is 35.8 Å². The Hall–Kier alpha value is -2.63. The quantitative estimate of drug-likeness (QED) is 0.894. The molecule has 3 rings (SSSR count). The summed E-state index contributed by atoms with van der Waals surface area (Å²) in [6.07, 6.45) is 2.41. The zero-order valence-electron chi connectivity index (χ0n) is 15.2. The van der Waals surface area contributed by atoms with E-state index in [0.29, 0.717) is 29.9 Å². The molecule has 0 aliphatic carbocycles. The Balaban J connectivity index is 1.68. The van der Waals surface area contributed by atoms with Crippen LogP contribution in [0.3, 0.4) is 0 Å². The van der Waals surface area contributed by atoms with Crippen molar-refractivity contribution in [1.29, 1.82) is 0 Å². The minimum absolute atomic E-state index is 0.0830. The number of benzene rings is 1. The minimum Gasteiger partial charge on any atom is -0.351 e. The number of aromatic nitrogens is 1. The van der Waals surface area contributed by atoms with Crippen molar-refractivity contribution in [3.63, 3.8) is 0 Å². The number of carbonyl (C=O) groups excluding carboxylic acids is 2. The summed E-state index contributed by atoms with van der Waals surface area (Å²) in [6, 6.07) is 8.24. The third-order valence-electron chi connectivity index (χ3n) is 4.85. The standard InChI is InChI=1S/C20H24FN3O2/c1-14-13-16(15(2)24(14)18-8-4-3-7-17(18)21)20(26)22-10-9-19(25)23-11-5-6-12-23/h3-4,7-8,13H,5-6,9-12H2,1-2H3,(H,22,26). The van der Waals surface area contributed by atoms with Crippen molar-refractivity contribution in [2.75, 3.05) is 19.6 Å². The number of hydrogen-bond donors (Lipinski definition) is 1. The Bertz CT molecular complexity index is 822. The molecular formula is C20H24FN3O2. The molecule has 1 aromatic heterocycles. The lowest BCUT2D eigenvalue weighted by molar-refractivity contribution is -0.129. The lowest BCUT2D eigenvalue weighted by Gasteiger charge is -2.15. The zero-order valence-corrected chi connectivity index (χ0v) is 15.2. The van der Waals surface area contributed by atoms with Gasteiger partial charge < -0.3 is 14.8 Å². The fraction of sp³-hybridized carbons (Fsp3) is 0.400. The molecule has 138 valence electrons. The summed E-state index contributed by atoms with van der Waals surface area (Å²) in [5, 5.41) is 2.81. The van der Waals surface area contributed by atoms with E-state index in [0.717, 1.165) is 31.6 Å². The number of nitrogens with one attached hydrogen (secondary N) is 1. The molecule has 1 aromatic carbocycles.